The number of benzene rings is 2. The van der Waals surface area contributed by atoms with Gasteiger partial charge in [0.2, 0.25) is 5.91 Å². The standard InChI is InChI=1S/C24H23BrFNO4S/c1-3-30-24(29)22-18(16-7-9-17(26)10-8-16)14-32-23(22)27-21(28)5-4-12-31-20-11-6-15(2)13-19(20)25/h6-11,13-14H,3-5,12H2,1-2H3,(H,27,28). The Hall–Kier alpha value is -2.71. The molecule has 0 aliphatic carbocycles. The molecular formula is C24H23BrFNO4S. The molecule has 1 amide bonds. The summed E-state index contributed by atoms with van der Waals surface area (Å²) in [6.07, 6.45) is 0.743. The van der Waals surface area contributed by atoms with Crippen molar-refractivity contribution in [2.75, 3.05) is 18.5 Å². The summed E-state index contributed by atoms with van der Waals surface area (Å²) in [4.78, 5) is 25.1. The van der Waals surface area contributed by atoms with E-state index >= 15 is 0 Å². The van der Waals surface area contributed by atoms with Crippen LogP contribution >= 0.6 is 27.3 Å². The normalized spacial score (nSPS) is 10.6. The number of nitrogens with one attached hydrogen (secondary N) is 1. The highest BCUT2D eigenvalue weighted by Gasteiger charge is 2.22. The summed E-state index contributed by atoms with van der Waals surface area (Å²) in [5, 5.41) is 4.98. The van der Waals surface area contributed by atoms with E-state index in [1.807, 2.05) is 25.1 Å². The molecule has 0 aliphatic heterocycles. The Balaban J connectivity index is 1.64. The van der Waals surface area contributed by atoms with E-state index in [1.165, 1.54) is 23.5 Å². The third-order valence-corrected chi connectivity index (χ3v) is 6.09. The molecule has 2 aromatic carbocycles. The van der Waals surface area contributed by atoms with Gasteiger partial charge in [0.05, 0.1) is 17.7 Å². The van der Waals surface area contributed by atoms with Crippen molar-refractivity contribution >= 4 is 44.1 Å². The summed E-state index contributed by atoms with van der Waals surface area (Å²) in [6, 6.07) is 11.6. The zero-order chi connectivity index (χ0) is 23.1. The Bertz CT molecular complexity index is 1100. The maximum Gasteiger partial charge on any atom is 0.341 e. The SMILES string of the molecule is CCOC(=O)c1c(-c2ccc(F)cc2)csc1NC(=O)CCCOc1ccc(C)cc1Br. The van der Waals surface area contributed by atoms with E-state index in [1.54, 1.807) is 24.4 Å². The Labute approximate surface area is 198 Å². The fourth-order valence-corrected chi connectivity index (χ4v) is 4.61. The highest BCUT2D eigenvalue weighted by Crippen LogP contribution is 2.36. The summed E-state index contributed by atoms with van der Waals surface area (Å²) in [5.74, 6) is -0.400. The van der Waals surface area contributed by atoms with Gasteiger partial charge < -0.3 is 14.8 Å². The van der Waals surface area contributed by atoms with E-state index in [-0.39, 0.29) is 30.3 Å². The monoisotopic (exact) mass is 519 g/mol. The number of anilines is 1. The predicted octanol–water partition coefficient (Wildman–Crippen LogP) is 6.60. The van der Waals surface area contributed by atoms with Crippen molar-refractivity contribution in [3.05, 3.63) is 69.3 Å². The lowest BCUT2D eigenvalue weighted by Gasteiger charge is -2.10. The summed E-state index contributed by atoms with van der Waals surface area (Å²) >= 11 is 4.70. The van der Waals surface area contributed by atoms with Crippen molar-refractivity contribution in [3.63, 3.8) is 0 Å². The smallest absolute Gasteiger partial charge is 0.341 e. The van der Waals surface area contributed by atoms with Crippen molar-refractivity contribution < 1.29 is 23.5 Å². The minimum atomic E-state index is -0.532. The molecule has 0 unspecified atom stereocenters. The third kappa shape index (κ3) is 6.17. The van der Waals surface area contributed by atoms with Gasteiger partial charge in [0, 0.05) is 17.4 Å². The van der Waals surface area contributed by atoms with Crippen LogP contribution in [0.3, 0.4) is 0 Å². The van der Waals surface area contributed by atoms with Crippen molar-refractivity contribution in [3.8, 4) is 16.9 Å². The molecule has 168 valence electrons. The van der Waals surface area contributed by atoms with Crippen LogP contribution in [-0.2, 0) is 9.53 Å². The number of rotatable bonds is 9. The number of aryl methyl sites for hydroxylation is 1. The maximum absolute atomic E-state index is 13.3. The number of hydrogen-bond acceptors (Lipinski definition) is 5. The first-order valence-corrected chi connectivity index (χ1v) is 11.8. The summed E-state index contributed by atoms with van der Waals surface area (Å²) < 4.78 is 25.1. The molecule has 0 atom stereocenters. The molecule has 5 nitrogen and oxygen atoms in total. The molecule has 8 heteroatoms. The topological polar surface area (TPSA) is 64.6 Å². The van der Waals surface area contributed by atoms with Crippen LogP contribution in [0, 0.1) is 12.7 Å². The second kappa shape index (κ2) is 11.2. The van der Waals surface area contributed by atoms with E-state index in [0.717, 1.165) is 15.8 Å². The minimum absolute atomic E-state index is 0.205. The van der Waals surface area contributed by atoms with Gasteiger partial charge in [-0.15, -0.1) is 11.3 Å². The molecule has 0 aliphatic rings. The molecule has 0 saturated heterocycles. The number of hydrogen-bond donors (Lipinski definition) is 1. The molecule has 1 heterocycles. The minimum Gasteiger partial charge on any atom is -0.492 e. The molecule has 0 bridgehead atoms. The first-order valence-electron chi connectivity index (χ1n) is 10.1. The summed E-state index contributed by atoms with van der Waals surface area (Å²) in [5.41, 5.74) is 2.66. The van der Waals surface area contributed by atoms with E-state index in [9.17, 15) is 14.0 Å². The second-order valence-corrected chi connectivity index (χ2v) is 8.75. The van der Waals surface area contributed by atoms with Crippen LogP contribution in [0.25, 0.3) is 11.1 Å². The average molecular weight is 520 g/mol. The first kappa shape index (κ1) is 23.9. The van der Waals surface area contributed by atoms with Gasteiger partial charge in [-0.3, -0.25) is 4.79 Å². The zero-order valence-electron chi connectivity index (χ0n) is 17.7. The molecule has 0 fully saturated rings. The van der Waals surface area contributed by atoms with Gasteiger partial charge in [0.25, 0.3) is 0 Å². The summed E-state index contributed by atoms with van der Waals surface area (Å²) in [6.45, 7) is 4.30. The molecule has 1 N–H and O–H groups in total. The number of esters is 1. The van der Waals surface area contributed by atoms with Crippen molar-refractivity contribution in [2.24, 2.45) is 0 Å². The number of amides is 1. The quantitative estimate of drug-likeness (QED) is 0.255. The van der Waals surface area contributed by atoms with Crippen LogP contribution in [0.5, 0.6) is 5.75 Å². The number of halogens is 2. The Morgan fingerprint density at radius 2 is 1.91 bits per heavy atom. The van der Waals surface area contributed by atoms with Gasteiger partial charge in [0.15, 0.2) is 0 Å². The molecule has 3 rings (SSSR count). The molecule has 0 spiro atoms. The Morgan fingerprint density at radius 1 is 1.16 bits per heavy atom. The number of ether oxygens (including phenoxy) is 2. The highest BCUT2D eigenvalue weighted by molar-refractivity contribution is 9.10. The Kier molecular flexibility index (Phi) is 8.41. The van der Waals surface area contributed by atoms with Crippen LogP contribution in [0.2, 0.25) is 0 Å². The molecule has 0 saturated carbocycles. The van der Waals surface area contributed by atoms with Gasteiger partial charge in [-0.1, -0.05) is 18.2 Å². The van der Waals surface area contributed by atoms with E-state index < -0.39 is 5.97 Å². The Morgan fingerprint density at radius 3 is 2.59 bits per heavy atom. The van der Waals surface area contributed by atoms with Crippen LogP contribution in [0.15, 0.2) is 52.3 Å². The van der Waals surface area contributed by atoms with Crippen molar-refractivity contribution in [1.82, 2.24) is 0 Å². The average Bonchev–Trinajstić information content (AvgIpc) is 3.16. The third-order valence-electron chi connectivity index (χ3n) is 4.57. The lowest BCUT2D eigenvalue weighted by Crippen LogP contribution is -2.15. The zero-order valence-corrected chi connectivity index (χ0v) is 20.1. The van der Waals surface area contributed by atoms with E-state index in [2.05, 4.69) is 21.2 Å². The second-order valence-electron chi connectivity index (χ2n) is 7.01. The highest BCUT2D eigenvalue weighted by atomic mass is 79.9. The molecular weight excluding hydrogens is 497 g/mol. The van der Waals surface area contributed by atoms with Crippen LogP contribution in [0.4, 0.5) is 9.39 Å². The number of carbonyl (C=O) groups excluding carboxylic acids is 2. The van der Waals surface area contributed by atoms with Crippen molar-refractivity contribution in [2.45, 2.75) is 26.7 Å². The predicted molar refractivity (Wildman–Crippen MR) is 128 cm³/mol. The van der Waals surface area contributed by atoms with Crippen LogP contribution < -0.4 is 10.1 Å². The van der Waals surface area contributed by atoms with Crippen molar-refractivity contribution in [1.29, 1.82) is 0 Å². The molecule has 32 heavy (non-hydrogen) atoms. The fourth-order valence-electron chi connectivity index (χ4n) is 3.02. The maximum atomic E-state index is 13.3. The van der Waals surface area contributed by atoms with Gasteiger partial charge in [0.1, 0.15) is 22.1 Å². The van der Waals surface area contributed by atoms with E-state index in [4.69, 9.17) is 9.47 Å². The molecule has 3 aromatic rings. The fraction of sp³-hybridized carbons (Fsp3) is 0.250. The van der Waals surface area contributed by atoms with Crippen LogP contribution in [-0.4, -0.2) is 25.1 Å². The first-order chi connectivity index (χ1) is 15.4. The van der Waals surface area contributed by atoms with Gasteiger partial charge in [-0.2, -0.15) is 0 Å². The van der Waals surface area contributed by atoms with Gasteiger partial charge in [-0.25, -0.2) is 9.18 Å². The lowest BCUT2D eigenvalue weighted by atomic mass is 10.0. The number of thiophene rings is 1. The van der Waals surface area contributed by atoms with Gasteiger partial charge >= 0.3 is 5.97 Å². The molecule has 1 aromatic heterocycles. The number of carbonyl (C=O) groups is 2. The van der Waals surface area contributed by atoms with Gasteiger partial charge in [-0.05, 0) is 71.6 Å². The van der Waals surface area contributed by atoms with E-state index in [0.29, 0.717) is 29.2 Å². The summed E-state index contributed by atoms with van der Waals surface area (Å²) in [7, 11) is 0. The largest absolute Gasteiger partial charge is 0.492 e. The lowest BCUT2D eigenvalue weighted by molar-refractivity contribution is -0.116. The van der Waals surface area contributed by atoms with Crippen LogP contribution in [0.1, 0.15) is 35.7 Å². The molecule has 0 radical (unpaired) electrons.